The van der Waals surface area contributed by atoms with Crippen LogP contribution in [-0.2, 0) is 11.3 Å². The Bertz CT molecular complexity index is 878. The van der Waals surface area contributed by atoms with E-state index in [1.54, 1.807) is 36.2 Å². The van der Waals surface area contributed by atoms with Crippen LogP contribution in [0.5, 0.6) is 5.75 Å². The summed E-state index contributed by atoms with van der Waals surface area (Å²) in [7, 11) is 3.59. The minimum absolute atomic E-state index is 0.00573. The van der Waals surface area contributed by atoms with Gasteiger partial charge < -0.3 is 19.7 Å². The Morgan fingerprint density at radius 3 is 2.67 bits per heavy atom. The first-order chi connectivity index (χ1) is 17.5. The van der Waals surface area contributed by atoms with E-state index >= 15 is 0 Å². The van der Waals surface area contributed by atoms with Crippen molar-refractivity contribution in [2.45, 2.75) is 39.3 Å². The molecule has 1 aliphatic carbocycles. The molecule has 1 saturated carbocycles. The number of hydrogen-bond acceptors (Lipinski definition) is 8. The molecule has 1 heterocycles. The summed E-state index contributed by atoms with van der Waals surface area (Å²) in [5, 5.41) is 3.10. The normalized spacial score (nSPS) is 17.1. The van der Waals surface area contributed by atoms with Crippen molar-refractivity contribution >= 4 is 30.8 Å². The Kier molecular flexibility index (Phi) is 13.0. The van der Waals surface area contributed by atoms with Crippen LogP contribution in [0.4, 0.5) is 4.79 Å². The van der Waals surface area contributed by atoms with Gasteiger partial charge in [-0.15, -0.1) is 11.8 Å². The third kappa shape index (κ3) is 8.64. The number of aliphatic imine (C=N–C) groups is 2. The Morgan fingerprint density at radius 1 is 1.31 bits per heavy atom. The van der Waals surface area contributed by atoms with Crippen molar-refractivity contribution in [1.82, 2.24) is 15.1 Å². The van der Waals surface area contributed by atoms with Crippen molar-refractivity contribution in [3.8, 4) is 5.75 Å². The minimum Gasteiger partial charge on any atom is -0.496 e. The number of allylic oxidation sites excluding steroid dienone is 1. The summed E-state index contributed by atoms with van der Waals surface area (Å²) in [6.07, 6.45) is 7.04. The summed E-state index contributed by atoms with van der Waals surface area (Å²) >= 11 is 1.56. The lowest BCUT2D eigenvalue weighted by Gasteiger charge is -2.58. The van der Waals surface area contributed by atoms with Gasteiger partial charge in [0.2, 0.25) is 0 Å². The maximum atomic E-state index is 12.8. The molecular weight excluding hydrogens is 474 g/mol. The second-order valence-electron chi connectivity index (χ2n) is 8.92. The zero-order valence-corrected chi connectivity index (χ0v) is 23.4. The first-order valence-electron chi connectivity index (χ1n) is 12.7. The first-order valence-corrected chi connectivity index (χ1v) is 13.9. The SMILES string of the molecule is C=N/C=C(\C=NCCN(CCNC)C(=O)OC1CC2(C1)CN(Cc1ccccc1OC)C2)SC.CC. The average Bonchev–Trinajstić information content (AvgIpc) is 2.86. The van der Waals surface area contributed by atoms with Crippen molar-refractivity contribution in [1.29, 1.82) is 0 Å². The summed E-state index contributed by atoms with van der Waals surface area (Å²) in [5.41, 5.74) is 1.51. The minimum atomic E-state index is -0.246. The molecule has 0 atom stereocenters. The number of thioether (sulfide) groups is 1. The van der Waals surface area contributed by atoms with Gasteiger partial charge in [0.15, 0.2) is 0 Å². The lowest BCUT2D eigenvalue weighted by Crippen LogP contribution is -2.64. The van der Waals surface area contributed by atoms with Crippen LogP contribution in [0.15, 0.2) is 45.4 Å². The molecule has 2 fully saturated rings. The quantitative estimate of drug-likeness (QED) is 0.393. The summed E-state index contributed by atoms with van der Waals surface area (Å²) in [6.45, 7) is 12.8. The average molecular weight is 518 g/mol. The zero-order chi connectivity index (χ0) is 26.4. The van der Waals surface area contributed by atoms with E-state index < -0.39 is 0 Å². The fourth-order valence-electron chi connectivity index (χ4n) is 4.66. The molecule has 36 heavy (non-hydrogen) atoms. The van der Waals surface area contributed by atoms with Crippen LogP contribution in [0.2, 0.25) is 0 Å². The molecular formula is C27H43N5O3S. The number of likely N-dealkylation sites (N-methyl/N-ethyl adjacent to an activating group) is 1. The van der Waals surface area contributed by atoms with Gasteiger partial charge >= 0.3 is 6.09 Å². The van der Waals surface area contributed by atoms with Gasteiger partial charge in [0, 0.05) is 67.6 Å². The Hall–Kier alpha value is -2.36. The predicted molar refractivity (Wildman–Crippen MR) is 152 cm³/mol. The van der Waals surface area contributed by atoms with Crippen LogP contribution in [0.3, 0.4) is 0 Å². The predicted octanol–water partition coefficient (Wildman–Crippen LogP) is 4.32. The molecule has 8 nitrogen and oxygen atoms in total. The molecule has 0 unspecified atom stereocenters. The van der Waals surface area contributed by atoms with E-state index in [4.69, 9.17) is 9.47 Å². The van der Waals surface area contributed by atoms with Gasteiger partial charge in [-0.3, -0.25) is 14.9 Å². The molecule has 1 amide bonds. The highest BCUT2D eigenvalue weighted by atomic mass is 32.2. The summed E-state index contributed by atoms with van der Waals surface area (Å²) in [4.78, 5) is 26.1. The van der Waals surface area contributed by atoms with Gasteiger partial charge in [0.05, 0.1) is 13.7 Å². The van der Waals surface area contributed by atoms with Crippen molar-refractivity contribution < 1.29 is 14.3 Å². The van der Waals surface area contributed by atoms with E-state index in [1.807, 2.05) is 45.4 Å². The molecule has 0 radical (unpaired) electrons. The number of likely N-dealkylation sites (tertiary alicyclic amines) is 1. The van der Waals surface area contributed by atoms with Crippen LogP contribution in [0.25, 0.3) is 0 Å². The summed E-state index contributed by atoms with van der Waals surface area (Å²) < 4.78 is 11.3. The number of hydrogen-bond donors (Lipinski definition) is 1. The molecule has 2 aliphatic rings. The standard InChI is InChI=1S/C25H37N5O3S.C2H6/c1-26-9-11-30(12-10-28-16-22(34-4)15-27-2)24(31)33-21-13-25(14-21)18-29(19-25)17-20-7-5-6-8-23(20)32-3;1-2/h5-8,15-16,21,26H,2,9-14,17-19H2,1,3-4H3;1-2H3/b22-15+,28-16?;. The summed E-state index contributed by atoms with van der Waals surface area (Å²) in [5.74, 6) is 0.938. The Balaban J connectivity index is 0.00000222. The zero-order valence-electron chi connectivity index (χ0n) is 22.5. The molecule has 3 rings (SSSR count). The molecule has 1 aromatic carbocycles. The van der Waals surface area contributed by atoms with Gasteiger partial charge in [-0.1, -0.05) is 32.0 Å². The van der Waals surface area contributed by atoms with Crippen LogP contribution >= 0.6 is 11.8 Å². The highest BCUT2D eigenvalue weighted by Gasteiger charge is 2.53. The van der Waals surface area contributed by atoms with Crippen molar-refractivity contribution in [3.63, 3.8) is 0 Å². The topological polar surface area (TPSA) is 78.8 Å². The van der Waals surface area contributed by atoms with E-state index in [0.717, 1.165) is 43.1 Å². The molecule has 200 valence electrons. The van der Waals surface area contributed by atoms with Crippen LogP contribution in [0.1, 0.15) is 32.3 Å². The number of nitrogens with one attached hydrogen (secondary N) is 1. The highest BCUT2D eigenvalue weighted by molar-refractivity contribution is 8.03. The third-order valence-corrected chi connectivity index (χ3v) is 7.04. The Morgan fingerprint density at radius 2 is 2.03 bits per heavy atom. The van der Waals surface area contributed by atoms with Crippen molar-refractivity contribution in [2.75, 3.05) is 59.7 Å². The maximum Gasteiger partial charge on any atom is 0.410 e. The van der Waals surface area contributed by atoms with Gasteiger partial charge in [0.25, 0.3) is 0 Å². The first kappa shape index (κ1) is 29.9. The maximum absolute atomic E-state index is 12.8. The van der Waals surface area contributed by atoms with Gasteiger partial charge in [-0.25, -0.2) is 4.79 Å². The number of rotatable bonds is 13. The molecule has 1 N–H and O–H groups in total. The summed E-state index contributed by atoms with van der Waals surface area (Å²) in [6, 6.07) is 8.17. The highest BCUT2D eigenvalue weighted by Crippen LogP contribution is 2.50. The molecule has 0 bridgehead atoms. The van der Waals surface area contributed by atoms with E-state index in [2.05, 4.69) is 33.0 Å². The van der Waals surface area contributed by atoms with Gasteiger partial charge in [0.1, 0.15) is 11.9 Å². The fraction of sp³-hybridized carbons (Fsp3) is 0.593. The second kappa shape index (κ2) is 15.7. The number of para-hydroxylation sites is 1. The van der Waals surface area contributed by atoms with Gasteiger partial charge in [-0.05, 0) is 38.9 Å². The molecule has 9 heteroatoms. The molecule has 0 aromatic heterocycles. The molecule has 1 spiro atoms. The second-order valence-corrected chi connectivity index (χ2v) is 9.79. The largest absolute Gasteiger partial charge is 0.496 e. The van der Waals surface area contributed by atoms with E-state index in [-0.39, 0.29) is 12.2 Å². The van der Waals surface area contributed by atoms with Crippen LogP contribution in [-0.4, -0.2) is 94.6 Å². The molecule has 1 aromatic rings. The molecule has 1 aliphatic heterocycles. The van der Waals surface area contributed by atoms with Crippen LogP contribution in [0, 0.1) is 5.41 Å². The fourth-order valence-corrected chi connectivity index (χ4v) is 5.02. The number of methoxy groups -OCH3 is 1. The number of ether oxygens (including phenoxy) is 2. The number of carbonyl (C=O) groups excluding carboxylic acids is 1. The van der Waals surface area contributed by atoms with Crippen molar-refractivity contribution in [3.05, 3.63) is 40.9 Å². The Labute approximate surface area is 221 Å². The molecule has 1 saturated heterocycles. The smallest absolute Gasteiger partial charge is 0.410 e. The number of nitrogens with zero attached hydrogens (tertiary/aromatic N) is 4. The van der Waals surface area contributed by atoms with E-state index in [1.165, 1.54) is 5.56 Å². The number of carbonyl (C=O) groups is 1. The lowest BCUT2D eigenvalue weighted by molar-refractivity contribution is -0.136. The van der Waals surface area contributed by atoms with Gasteiger partial charge in [-0.2, -0.15) is 0 Å². The van der Waals surface area contributed by atoms with E-state index in [0.29, 0.717) is 31.6 Å². The third-order valence-electron chi connectivity index (χ3n) is 6.36. The van der Waals surface area contributed by atoms with Crippen molar-refractivity contribution in [2.24, 2.45) is 15.4 Å². The monoisotopic (exact) mass is 517 g/mol. The lowest BCUT2D eigenvalue weighted by atomic mass is 9.61. The van der Waals surface area contributed by atoms with Crippen LogP contribution < -0.4 is 10.1 Å². The van der Waals surface area contributed by atoms with E-state index in [9.17, 15) is 4.79 Å². The number of benzene rings is 1. The number of amides is 1.